The smallest absolute Gasteiger partial charge is 0.242 e. The van der Waals surface area contributed by atoms with Gasteiger partial charge in [-0.3, -0.25) is 4.79 Å². The van der Waals surface area contributed by atoms with Crippen LogP contribution in [0.1, 0.15) is 18.1 Å². The monoisotopic (exact) mass is 384 g/mol. The second kappa shape index (κ2) is 9.57. The summed E-state index contributed by atoms with van der Waals surface area (Å²) in [5, 5.41) is 3.24. The molecule has 0 bridgehead atoms. The fraction of sp³-hybridized carbons (Fsp3) is 0.409. The van der Waals surface area contributed by atoms with Gasteiger partial charge >= 0.3 is 0 Å². The number of rotatable bonds is 7. The molecular weight excluding hydrogens is 356 g/mol. The average Bonchev–Trinajstić information content (AvgIpc) is 2.73. The number of ether oxygens (including phenoxy) is 3. The van der Waals surface area contributed by atoms with Gasteiger partial charge in [0, 0.05) is 20.1 Å². The maximum atomic E-state index is 12.7. The van der Waals surface area contributed by atoms with Crippen molar-refractivity contribution in [3.8, 4) is 11.5 Å². The number of hydrogen-bond donors (Lipinski definition) is 1. The van der Waals surface area contributed by atoms with E-state index in [0.717, 1.165) is 11.1 Å². The van der Waals surface area contributed by atoms with Crippen molar-refractivity contribution in [3.63, 3.8) is 0 Å². The molecule has 1 heterocycles. The molecule has 150 valence electrons. The van der Waals surface area contributed by atoms with Gasteiger partial charge in [0.1, 0.15) is 12.6 Å². The van der Waals surface area contributed by atoms with Crippen LogP contribution in [0.15, 0.2) is 48.5 Å². The van der Waals surface area contributed by atoms with E-state index in [1.807, 2.05) is 55.5 Å². The summed E-state index contributed by atoms with van der Waals surface area (Å²) in [5.41, 5.74) is 2.07. The molecule has 2 aromatic rings. The third-order valence-electron chi connectivity index (χ3n) is 4.84. The van der Waals surface area contributed by atoms with Crippen molar-refractivity contribution < 1.29 is 19.0 Å². The normalized spacial score (nSPS) is 19.1. The van der Waals surface area contributed by atoms with Gasteiger partial charge in [-0.15, -0.1) is 0 Å². The van der Waals surface area contributed by atoms with Crippen molar-refractivity contribution in [3.05, 3.63) is 59.7 Å². The Kier molecular flexibility index (Phi) is 6.90. The topological polar surface area (TPSA) is 60.0 Å². The number of hydrogen-bond acceptors (Lipinski definition) is 5. The first-order valence-electron chi connectivity index (χ1n) is 9.52. The Morgan fingerprint density at radius 1 is 1.18 bits per heavy atom. The summed E-state index contributed by atoms with van der Waals surface area (Å²) in [6.07, 6.45) is -0.132. The van der Waals surface area contributed by atoms with E-state index in [1.165, 1.54) is 0 Å². The molecule has 6 nitrogen and oxygen atoms in total. The van der Waals surface area contributed by atoms with Crippen LogP contribution in [0.4, 0.5) is 0 Å². The number of benzene rings is 2. The summed E-state index contributed by atoms with van der Waals surface area (Å²) in [6.45, 7) is 4.20. The van der Waals surface area contributed by atoms with Crippen molar-refractivity contribution in [2.45, 2.75) is 32.2 Å². The highest BCUT2D eigenvalue weighted by molar-refractivity contribution is 5.82. The third kappa shape index (κ3) is 5.03. The number of carbonyl (C=O) groups is 1. The molecule has 1 saturated heterocycles. The lowest BCUT2D eigenvalue weighted by atomic mass is 10.1. The SMILES string of the molecule is COc1cc(CN(C)C(=O)[C@H]2NCCO[C@@H]2C)ccc1OCc1ccccc1. The molecule has 0 radical (unpaired) electrons. The maximum absolute atomic E-state index is 12.7. The predicted octanol–water partition coefficient (Wildman–Crippen LogP) is 2.61. The highest BCUT2D eigenvalue weighted by Crippen LogP contribution is 2.29. The van der Waals surface area contributed by atoms with Gasteiger partial charge in [-0.2, -0.15) is 0 Å². The quantitative estimate of drug-likeness (QED) is 0.795. The van der Waals surface area contributed by atoms with E-state index < -0.39 is 0 Å². The van der Waals surface area contributed by atoms with Crippen molar-refractivity contribution in [1.29, 1.82) is 0 Å². The highest BCUT2D eigenvalue weighted by atomic mass is 16.5. The first-order valence-corrected chi connectivity index (χ1v) is 9.52. The van der Waals surface area contributed by atoms with Crippen molar-refractivity contribution in [2.24, 2.45) is 0 Å². The van der Waals surface area contributed by atoms with Gasteiger partial charge < -0.3 is 24.4 Å². The Morgan fingerprint density at radius 2 is 1.96 bits per heavy atom. The van der Waals surface area contributed by atoms with Crippen molar-refractivity contribution in [1.82, 2.24) is 10.2 Å². The summed E-state index contributed by atoms with van der Waals surface area (Å²) in [5.74, 6) is 1.36. The number of carbonyl (C=O) groups excluding carboxylic acids is 1. The van der Waals surface area contributed by atoms with Crippen LogP contribution in [-0.2, 0) is 22.7 Å². The van der Waals surface area contributed by atoms with Crippen molar-refractivity contribution in [2.75, 3.05) is 27.3 Å². The standard InChI is InChI=1S/C22H28N2O4/c1-16-21(23-11-12-27-16)22(25)24(2)14-18-9-10-19(20(13-18)26-3)28-15-17-7-5-4-6-8-17/h4-10,13,16,21,23H,11-12,14-15H2,1-3H3/t16-,21+/m1/s1. The molecule has 1 N–H and O–H groups in total. The van der Waals surface area contributed by atoms with Gasteiger partial charge in [0.05, 0.1) is 19.8 Å². The van der Waals surface area contributed by atoms with Crippen LogP contribution in [0.5, 0.6) is 11.5 Å². The van der Waals surface area contributed by atoms with Crippen LogP contribution < -0.4 is 14.8 Å². The van der Waals surface area contributed by atoms with E-state index in [-0.39, 0.29) is 18.1 Å². The summed E-state index contributed by atoms with van der Waals surface area (Å²) in [4.78, 5) is 14.4. The number of amides is 1. The number of nitrogens with one attached hydrogen (secondary N) is 1. The minimum atomic E-state index is -0.311. The average molecular weight is 384 g/mol. The van der Waals surface area contributed by atoms with Gasteiger partial charge in [-0.25, -0.2) is 0 Å². The molecule has 3 rings (SSSR count). The number of likely N-dealkylation sites (N-methyl/N-ethyl adjacent to an activating group) is 1. The zero-order valence-corrected chi connectivity index (χ0v) is 16.7. The van der Waals surface area contributed by atoms with Crippen LogP contribution in [0.25, 0.3) is 0 Å². The largest absolute Gasteiger partial charge is 0.493 e. The second-order valence-electron chi connectivity index (χ2n) is 6.96. The van der Waals surface area contributed by atoms with Gasteiger partial charge in [-0.1, -0.05) is 36.4 Å². The molecule has 0 saturated carbocycles. The number of methoxy groups -OCH3 is 1. The minimum Gasteiger partial charge on any atom is -0.493 e. The second-order valence-corrected chi connectivity index (χ2v) is 6.96. The fourth-order valence-corrected chi connectivity index (χ4v) is 3.26. The number of morpholine rings is 1. The molecule has 0 unspecified atom stereocenters. The Morgan fingerprint density at radius 3 is 2.68 bits per heavy atom. The Labute approximate surface area is 166 Å². The van der Waals surface area contributed by atoms with E-state index >= 15 is 0 Å². The maximum Gasteiger partial charge on any atom is 0.242 e. The summed E-state index contributed by atoms with van der Waals surface area (Å²) < 4.78 is 17.0. The molecular formula is C22H28N2O4. The van der Waals surface area contributed by atoms with E-state index in [0.29, 0.717) is 37.8 Å². The molecule has 1 fully saturated rings. The van der Waals surface area contributed by atoms with Crippen molar-refractivity contribution >= 4 is 5.91 Å². The van der Waals surface area contributed by atoms with Gasteiger partial charge in [0.25, 0.3) is 0 Å². The van der Waals surface area contributed by atoms with Crippen LogP contribution in [0, 0.1) is 0 Å². The minimum absolute atomic E-state index is 0.0237. The lowest BCUT2D eigenvalue weighted by molar-refractivity contribution is -0.138. The summed E-state index contributed by atoms with van der Waals surface area (Å²) >= 11 is 0. The molecule has 1 aliphatic heterocycles. The van der Waals surface area contributed by atoms with Crippen LogP contribution in [0.3, 0.4) is 0 Å². The van der Waals surface area contributed by atoms with Gasteiger partial charge in [0.15, 0.2) is 11.5 Å². The Balaban J connectivity index is 1.63. The highest BCUT2D eigenvalue weighted by Gasteiger charge is 2.30. The molecule has 2 atom stereocenters. The third-order valence-corrected chi connectivity index (χ3v) is 4.84. The molecule has 1 amide bonds. The van der Waals surface area contributed by atoms with E-state index in [9.17, 15) is 4.79 Å². The van der Waals surface area contributed by atoms with Gasteiger partial charge in [0.2, 0.25) is 5.91 Å². The van der Waals surface area contributed by atoms with E-state index in [4.69, 9.17) is 14.2 Å². The molecule has 6 heteroatoms. The van der Waals surface area contributed by atoms with E-state index in [2.05, 4.69) is 5.32 Å². The molecule has 28 heavy (non-hydrogen) atoms. The molecule has 0 aliphatic carbocycles. The summed E-state index contributed by atoms with van der Waals surface area (Å²) in [7, 11) is 3.42. The molecule has 2 aromatic carbocycles. The zero-order chi connectivity index (χ0) is 19.9. The van der Waals surface area contributed by atoms with Crippen LogP contribution in [-0.4, -0.2) is 50.3 Å². The first kappa shape index (κ1) is 20.2. The predicted molar refractivity (Wildman–Crippen MR) is 107 cm³/mol. The Bertz CT molecular complexity index is 781. The molecule has 0 spiro atoms. The molecule has 0 aromatic heterocycles. The zero-order valence-electron chi connectivity index (χ0n) is 16.7. The Hall–Kier alpha value is -2.57. The summed E-state index contributed by atoms with van der Waals surface area (Å²) in [6, 6.07) is 15.4. The fourth-order valence-electron chi connectivity index (χ4n) is 3.26. The molecule has 1 aliphatic rings. The number of nitrogens with zero attached hydrogens (tertiary/aromatic N) is 1. The van der Waals surface area contributed by atoms with E-state index in [1.54, 1.807) is 19.1 Å². The lowest BCUT2D eigenvalue weighted by Gasteiger charge is -2.32. The van der Waals surface area contributed by atoms with Gasteiger partial charge in [-0.05, 0) is 30.2 Å². The first-order chi connectivity index (χ1) is 13.6. The van der Waals surface area contributed by atoms with Crippen LogP contribution in [0.2, 0.25) is 0 Å². The van der Waals surface area contributed by atoms with Crippen LogP contribution >= 0.6 is 0 Å². The lowest BCUT2D eigenvalue weighted by Crippen LogP contribution is -2.55.